The Labute approximate surface area is 161 Å². The maximum Gasteiger partial charge on any atom is 0.191 e. The van der Waals surface area contributed by atoms with Crippen LogP contribution in [0.5, 0.6) is 0 Å². The monoisotopic (exact) mass is 367 g/mol. The smallest absolute Gasteiger partial charge is 0.191 e. The van der Waals surface area contributed by atoms with Crippen molar-refractivity contribution in [1.29, 1.82) is 0 Å². The second kappa shape index (κ2) is 6.40. The van der Waals surface area contributed by atoms with Crippen LogP contribution in [0, 0.1) is 30.1 Å². The Bertz CT molecular complexity index is 774. The van der Waals surface area contributed by atoms with Gasteiger partial charge in [-0.15, -0.1) is 10.2 Å². The predicted octanol–water partition coefficient (Wildman–Crippen LogP) is 5.17. The van der Waals surface area contributed by atoms with Gasteiger partial charge in [-0.2, -0.15) is 0 Å². The maximum atomic E-state index is 4.61. The zero-order chi connectivity index (χ0) is 17.7. The standard InChI is InChI=1S/C22H29N3S/c1-15-4-3-5-16(6-15)14-26-21-24-23-20(25(21)2)13-22-10-17-7-18(11-22)9-19(8-17)12-22/h3-6,17-19H,7-14H2,1-2H3. The summed E-state index contributed by atoms with van der Waals surface area (Å²) in [5.41, 5.74) is 3.22. The van der Waals surface area contributed by atoms with Gasteiger partial charge in [-0.1, -0.05) is 41.6 Å². The van der Waals surface area contributed by atoms with E-state index in [0.29, 0.717) is 5.41 Å². The average molecular weight is 368 g/mol. The SMILES string of the molecule is Cc1cccc(CSc2nnc(CC34CC5CC(CC(C5)C3)C4)n2C)c1. The summed E-state index contributed by atoms with van der Waals surface area (Å²) in [5, 5.41) is 10.2. The van der Waals surface area contributed by atoms with E-state index in [-0.39, 0.29) is 0 Å². The highest BCUT2D eigenvalue weighted by atomic mass is 32.2. The fourth-order valence-corrected chi connectivity index (χ4v) is 7.29. The number of hydrogen-bond acceptors (Lipinski definition) is 3. The van der Waals surface area contributed by atoms with Gasteiger partial charge < -0.3 is 4.57 Å². The van der Waals surface area contributed by atoms with Crippen LogP contribution in [0.3, 0.4) is 0 Å². The van der Waals surface area contributed by atoms with E-state index in [1.165, 1.54) is 55.5 Å². The molecule has 4 bridgehead atoms. The first-order chi connectivity index (χ1) is 12.6. The van der Waals surface area contributed by atoms with E-state index in [0.717, 1.165) is 35.1 Å². The minimum absolute atomic E-state index is 0.536. The maximum absolute atomic E-state index is 4.61. The summed E-state index contributed by atoms with van der Waals surface area (Å²) in [4.78, 5) is 0. The number of aryl methyl sites for hydroxylation is 1. The molecule has 4 heteroatoms. The fraction of sp³-hybridized carbons (Fsp3) is 0.636. The van der Waals surface area contributed by atoms with E-state index in [1.807, 2.05) is 11.8 Å². The zero-order valence-corrected chi connectivity index (χ0v) is 16.8. The zero-order valence-electron chi connectivity index (χ0n) is 15.9. The second-order valence-corrected chi connectivity index (χ2v) is 10.3. The minimum atomic E-state index is 0.536. The van der Waals surface area contributed by atoms with Crippen LogP contribution in [0.4, 0.5) is 0 Å². The summed E-state index contributed by atoms with van der Waals surface area (Å²) < 4.78 is 2.26. The molecular weight excluding hydrogens is 338 g/mol. The Balaban J connectivity index is 1.29. The van der Waals surface area contributed by atoms with E-state index in [9.17, 15) is 0 Å². The molecule has 4 fully saturated rings. The van der Waals surface area contributed by atoms with Crippen molar-refractivity contribution in [3.63, 3.8) is 0 Å². The van der Waals surface area contributed by atoms with Crippen molar-refractivity contribution in [1.82, 2.24) is 14.8 Å². The molecule has 0 atom stereocenters. The van der Waals surface area contributed by atoms with Crippen molar-refractivity contribution < 1.29 is 0 Å². The lowest BCUT2D eigenvalue weighted by Crippen LogP contribution is -2.47. The van der Waals surface area contributed by atoms with Gasteiger partial charge in [-0.25, -0.2) is 0 Å². The number of nitrogens with zero attached hydrogens (tertiary/aromatic N) is 3. The molecule has 0 saturated heterocycles. The molecule has 0 radical (unpaired) electrons. The number of benzene rings is 1. The summed E-state index contributed by atoms with van der Waals surface area (Å²) in [6.07, 6.45) is 10.00. The van der Waals surface area contributed by atoms with E-state index in [2.05, 4.69) is 53.0 Å². The third-order valence-corrected chi connectivity index (χ3v) is 8.17. The van der Waals surface area contributed by atoms with Crippen LogP contribution in [0.25, 0.3) is 0 Å². The summed E-state index contributed by atoms with van der Waals surface area (Å²) >= 11 is 1.81. The minimum Gasteiger partial charge on any atom is -0.309 e. The van der Waals surface area contributed by atoms with Gasteiger partial charge in [-0.05, 0) is 74.2 Å². The Morgan fingerprint density at radius 3 is 2.42 bits per heavy atom. The van der Waals surface area contributed by atoms with Crippen LogP contribution >= 0.6 is 11.8 Å². The van der Waals surface area contributed by atoms with Crippen LogP contribution < -0.4 is 0 Å². The molecule has 26 heavy (non-hydrogen) atoms. The summed E-state index contributed by atoms with van der Waals surface area (Å²) in [5.74, 6) is 5.18. The van der Waals surface area contributed by atoms with Crippen LogP contribution in [0.15, 0.2) is 29.4 Å². The number of aromatic nitrogens is 3. The lowest BCUT2D eigenvalue weighted by atomic mass is 9.49. The van der Waals surface area contributed by atoms with Gasteiger partial charge in [0.05, 0.1) is 0 Å². The highest BCUT2D eigenvalue weighted by molar-refractivity contribution is 7.98. The normalized spacial score (nSPS) is 32.3. The number of thioether (sulfide) groups is 1. The van der Waals surface area contributed by atoms with Crippen LogP contribution in [-0.4, -0.2) is 14.8 Å². The third-order valence-electron chi connectivity index (χ3n) is 7.07. The van der Waals surface area contributed by atoms with E-state index >= 15 is 0 Å². The van der Waals surface area contributed by atoms with Gasteiger partial charge in [0.2, 0.25) is 0 Å². The Morgan fingerprint density at radius 2 is 1.77 bits per heavy atom. The number of hydrogen-bond donors (Lipinski definition) is 0. The lowest BCUT2D eigenvalue weighted by molar-refractivity contribution is -0.0535. The van der Waals surface area contributed by atoms with E-state index in [4.69, 9.17) is 0 Å². The van der Waals surface area contributed by atoms with Crippen molar-refractivity contribution in [3.8, 4) is 0 Å². The van der Waals surface area contributed by atoms with E-state index < -0.39 is 0 Å². The van der Waals surface area contributed by atoms with Gasteiger partial charge in [0.1, 0.15) is 5.82 Å². The van der Waals surface area contributed by atoms with Crippen molar-refractivity contribution >= 4 is 11.8 Å². The largest absolute Gasteiger partial charge is 0.309 e. The topological polar surface area (TPSA) is 30.7 Å². The van der Waals surface area contributed by atoms with Gasteiger partial charge in [0, 0.05) is 19.2 Å². The molecule has 1 aromatic carbocycles. The fourth-order valence-electron chi connectivity index (χ4n) is 6.42. The van der Waals surface area contributed by atoms with Gasteiger partial charge in [-0.3, -0.25) is 0 Å². The summed E-state index contributed by atoms with van der Waals surface area (Å²) in [6, 6.07) is 8.76. The predicted molar refractivity (Wildman–Crippen MR) is 106 cm³/mol. The Kier molecular flexibility index (Phi) is 4.15. The van der Waals surface area contributed by atoms with E-state index in [1.54, 1.807) is 0 Å². The first-order valence-corrected chi connectivity index (χ1v) is 11.1. The molecule has 1 aromatic heterocycles. The molecule has 4 saturated carbocycles. The first kappa shape index (κ1) is 16.9. The molecule has 4 aliphatic rings. The third kappa shape index (κ3) is 3.11. The van der Waals surface area contributed by atoms with Crippen molar-refractivity contribution in [2.24, 2.45) is 30.2 Å². The van der Waals surface area contributed by atoms with Gasteiger partial charge in [0.15, 0.2) is 5.16 Å². The molecule has 2 aromatic rings. The molecule has 6 rings (SSSR count). The summed E-state index contributed by atoms with van der Waals surface area (Å²) in [7, 11) is 2.16. The highest BCUT2D eigenvalue weighted by Gasteiger charge is 2.51. The lowest BCUT2D eigenvalue weighted by Gasteiger charge is -2.56. The number of rotatable bonds is 5. The molecule has 0 N–H and O–H groups in total. The van der Waals surface area contributed by atoms with Crippen molar-refractivity contribution in [3.05, 3.63) is 41.2 Å². The van der Waals surface area contributed by atoms with Crippen molar-refractivity contribution in [2.45, 2.75) is 62.8 Å². The molecular formula is C22H29N3S. The van der Waals surface area contributed by atoms with Gasteiger partial charge >= 0.3 is 0 Å². The van der Waals surface area contributed by atoms with Crippen molar-refractivity contribution in [2.75, 3.05) is 0 Å². The van der Waals surface area contributed by atoms with Crippen LogP contribution in [0.2, 0.25) is 0 Å². The Morgan fingerprint density at radius 1 is 1.08 bits per heavy atom. The molecule has 3 nitrogen and oxygen atoms in total. The molecule has 138 valence electrons. The second-order valence-electron chi connectivity index (χ2n) is 9.33. The molecule has 0 spiro atoms. The highest BCUT2D eigenvalue weighted by Crippen LogP contribution is 2.60. The molecule has 4 aliphatic carbocycles. The van der Waals surface area contributed by atoms with Gasteiger partial charge in [0.25, 0.3) is 0 Å². The van der Waals surface area contributed by atoms with Crippen LogP contribution in [-0.2, 0) is 19.2 Å². The average Bonchev–Trinajstić information content (AvgIpc) is 2.91. The quantitative estimate of drug-likeness (QED) is 0.683. The molecule has 0 amide bonds. The molecule has 0 aliphatic heterocycles. The van der Waals surface area contributed by atoms with Crippen LogP contribution in [0.1, 0.15) is 55.5 Å². The first-order valence-electron chi connectivity index (χ1n) is 10.2. The Hall–Kier alpha value is -1.29. The molecule has 1 heterocycles. The molecule has 0 unspecified atom stereocenters. The summed E-state index contributed by atoms with van der Waals surface area (Å²) in [6.45, 7) is 2.15.